The maximum atomic E-state index is 6.06. The van der Waals surface area contributed by atoms with Gasteiger partial charge in [-0.15, -0.1) is 10.2 Å². The molecule has 0 aliphatic carbocycles. The topological polar surface area (TPSA) is 69.2 Å². The van der Waals surface area contributed by atoms with E-state index >= 15 is 0 Å². The first-order valence-corrected chi connectivity index (χ1v) is 7.17. The average Bonchev–Trinajstić information content (AvgIpc) is 2.46. The van der Waals surface area contributed by atoms with Crippen LogP contribution in [-0.2, 0) is 0 Å². The van der Waals surface area contributed by atoms with E-state index in [0.717, 1.165) is 0 Å². The highest BCUT2D eigenvalue weighted by Gasteiger charge is 2.11. The van der Waals surface area contributed by atoms with E-state index in [1.54, 1.807) is 12.1 Å². The van der Waals surface area contributed by atoms with Crippen LogP contribution < -0.4 is 15.2 Å². The number of nitrogens with two attached hydrogens (primary N) is 1. The second-order valence-corrected chi connectivity index (χ2v) is 5.43. The van der Waals surface area contributed by atoms with Crippen LogP contribution in [0, 0.1) is 0 Å². The third kappa shape index (κ3) is 3.55. The molecule has 0 aliphatic rings. The lowest BCUT2D eigenvalue weighted by Gasteiger charge is -2.09. The molecule has 5 nitrogen and oxygen atoms in total. The molecule has 0 radical (unpaired) electrons. The van der Waals surface area contributed by atoms with Gasteiger partial charge in [0.25, 0.3) is 0 Å². The van der Waals surface area contributed by atoms with Crippen molar-refractivity contribution in [2.45, 2.75) is 0 Å². The van der Waals surface area contributed by atoms with E-state index in [9.17, 15) is 0 Å². The summed E-state index contributed by atoms with van der Waals surface area (Å²) in [5, 5.41) is 9.16. The van der Waals surface area contributed by atoms with E-state index in [2.05, 4.69) is 10.2 Å². The number of hydrogen-bond acceptors (Lipinski definition) is 5. The number of ether oxygens (including phenoxy) is 2. The average molecular weight is 361 g/mol. The third-order valence-electron chi connectivity index (χ3n) is 2.77. The van der Waals surface area contributed by atoms with E-state index in [0.29, 0.717) is 43.6 Å². The largest absolute Gasteiger partial charge is 0.495 e. The molecular weight excluding hydrogens is 349 g/mol. The highest BCUT2D eigenvalue weighted by Crippen LogP contribution is 2.40. The molecule has 0 saturated carbocycles. The van der Waals surface area contributed by atoms with Crippen molar-refractivity contribution in [1.82, 2.24) is 0 Å². The molecule has 2 aromatic carbocycles. The van der Waals surface area contributed by atoms with Crippen molar-refractivity contribution in [3.8, 4) is 11.5 Å². The Morgan fingerprint density at radius 3 is 2.00 bits per heavy atom. The summed E-state index contributed by atoms with van der Waals surface area (Å²) in [4.78, 5) is 0. The summed E-state index contributed by atoms with van der Waals surface area (Å²) >= 11 is 18.0. The lowest BCUT2D eigenvalue weighted by atomic mass is 10.2. The number of benzene rings is 2. The molecule has 22 heavy (non-hydrogen) atoms. The van der Waals surface area contributed by atoms with Crippen molar-refractivity contribution >= 4 is 51.9 Å². The van der Waals surface area contributed by atoms with E-state index in [-0.39, 0.29) is 0 Å². The minimum atomic E-state index is 0.294. The Morgan fingerprint density at radius 2 is 1.45 bits per heavy atom. The Labute approximate surface area is 142 Å². The number of azo groups is 1. The number of anilines is 1. The van der Waals surface area contributed by atoms with Crippen LogP contribution in [0.2, 0.25) is 15.1 Å². The number of rotatable bonds is 4. The summed E-state index contributed by atoms with van der Waals surface area (Å²) < 4.78 is 10.4. The molecular formula is C14H12Cl3N3O2. The quantitative estimate of drug-likeness (QED) is 0.565. The van der Waals surface area contributed by atoms with Crippen LogP contribution in [-0.4, -0.2) is 14.2 Å². The smallest absolute Gasteiger partial charge is 0.148 e. The Hall–Kier alpha value is -1.69. The standard InChI is InChI=1S/C14H12Cl3N3O2/c1-21-12-6-11(13(22-2)5-10(12)18)19-20-14-8(16)3-7(15)4-9(14)17/h3-6H,18H2,1-2H3. The molecule has 2 N–H and O–H groups in total. The molecule has 0 fully saturated rings. The molecule has 0 bridgehead atoms. The Morgan fingerprint density at radius 1 is 0.864 bits per heavy atom. The van der Waals surface area contributed by atoms with Crippen molar-refractivity contribution in [3.63, 3.8) is 0 Å². The van der Waals surface area contributed by atoms with E-state index in [1.807, 2.05) is 0 Å². The van der Waals surface area contributed by atoms with Crippen LogP contribution in [0.1, 0.15) is 0 Å². The Bertz CT molecular complexity index is 713. The summed E-state index contributed by atoms with van der Waals surface area (Å²) in [6.07, 6.45) is 0. The molecule has 2 aromatic rings. The van der Waals surface area contributed by atoms with Crippen LogP contribution in [0.15, 0.2) is 34.5 Å². The summed E-state index contributed by atoms with van der Waals surface area (Å²) in [7, 11) is 3.01. The normalized spacial score (nSPS) is 11.0. The van der Waals surface area contributed by atoms with Gasteiger partial charge in [0.15, 0.2) is 0 Å². The highest BCUT2D eigenvalue weighted by atomic mass is 35.5. The molecule has 0 atom stereocenters. The van der Waals surface area contributed by atoms with Gasteiger partial charge >= 0.3 is 0 Å². The van der Waals surface area contributed by atoms with Crippen LogP contribution in [0.3, 0.4) is 0 Å². The van der Waals surface area contributed by atoms with Crippen LogP contribution in [0.25, 0.3) is 0 Å². The maximum Gasteiger partial charge on any atom is 0.148 e. The van der Waals surface area contributed by atoms with Crippen molar-refractivity contribution < 1.29 is 9.47 Å². The Balaban J connectivity index is 2.46. The first-order chi connectivity index (χ1) is 10.5. The monoisotopic (exact) mass is 359 g/mol. The zero-order valence-corrected chi connectivity index (χ0v) is 14.0. The number of hydrogen-bond donors (Lipinski definition) is 1. The second-order valence-electron chi connectivity index (χ2n) is 4.18. The number of nitrogens with zero attached hydrogens (tertiary/aromatic N) is 2. The first-order valence-electron chi connectivity index (χ1n) is 6.04. The van der Waals surface area contributed by atoms with Gasteiger partial charge < -0.3 is 15.2 Å². The summed E-state index contributed by atoms with van der Waals surface area (Å²) in [6, 6.07) is 6.27. The first kappa shape index (κ1) is 16.7. The SMILES string of the molecule is COc1cc(N=Nc2c(Cl)cc(Cl)cc2Cl)c(OC)cc1N. The van der Waals surface area contributed by atoms with Gasteiger partial charge in [0, 0.05) is 17.2 Å². The zero-order valence-electron chi connectivity index (χ0n) is 11.7. The third-order valence-corrected chi connectivity index (χ3v) is 3.57. The van der Waals surface area contributed by atoms with Gasteiger partial charge in [0.2, 0.25) is 0 Å². The van der Waals surface area contributed by atoms with Gasteiger partial charge in [-0.25, -0.2) is 0 Å². The van der Waals surface area contributed by atoms with Gasteiger partial charge in [-0.3, -0.25) is 0 Å². The summed E-state index contributed by atoms with van der Waals surface area (Å²) in [5.74, 6) is 0.909. The van der Waals surface area contributed by atoms with Gasteiger partial charge in [-0.05, 0) is 12.1 Å². The Kier molecular flexibility index (Phi) is 5.34. The van der Waals surface area contributed by atoms with Crippen molar-refractivity contribution in [2.75, 3.05) is 20.0 Å². The van der Waals surface area contributed by atoms with Gasteiger partial charge in [-0.2, -0.15) is 0 Å². The molecule has 0 aliphatic heterocycles. The molecule has 0 aromatic heterocycles. The molecule has 0 saturated heterocycles. The predicted octanol–water partition coefficient (Wildman–Crippen LogP) is 5.66. The molecule has 116 valence electrons. The molecule has 0 amide bonds. The second kappa shape index (κ2) is 7.05. The van der Waals surface area contributed by atoms with Gasteiger partial charge in [0.05, 0.1) is 30.0 Å². The fraction of sp³-hybridized carbons (Fsp3) is 0.143. The van der Waals surface area contributed by atoms with E-state index in [1.165, 1.54) is 26.4 Å². The van der Waals surface area contributed by atoms with Crippen LogP contribution in [0.4, 0.5) is 17.1 Å². The van der Waals surface area contributed by atoms with Crippen molar-refractivity contribution in [1.29, 1.82) is 0 Å². The number of nitrogen functional groups attached to an aromatic ring is 1. The summed E-state index contributed by atoms with van der Waals surface area (Å²) in [6.45, 7) is 0. The van der Waals surface area contributed by atoms with E-state index < -0.39 is 0 Å². The number of halogens is 3. The lowest BCUT2D eigenvalue weighted by molar-refractivity contribution is 0.406. The number of methoxy groups -OCH3 is 2. The van der Waals surface area contributed by atoms with Gasteiger partial charge in [0.1, 0.15) is 22.9 Å². The van der Waals surface area contributed by atoms with Crippen LogP contribution in [0.5, 0.6) is 11.5 Å². The molecule has 0 unspecified atom stereocenters. The fourth-order valence-electron chi connectivity index (χ4n) is 1.72. The fourth-order valence-corrected chi connectivity index (χ4v) is 2.61. The van der Waals surface area contributed by atoms with Crippen LogP contribution >= 0.6 is 34.8 Å². The maximum absolute atomic E-state index is 6.06. The minimum Gasteiger partial charge on any atom is -0.495 e. The zero-order chi connectivity index (χ0) is 16.3. The van der Waals surface area contributed by atoms with Crippen molar-refractivity contribution in [3.05, 3.63) is 39.3 Å². The summed E-state index contributed by atoms with van der Waals surface area (Å²) in [5.41, 5.74) is 6.98. The predicted molar refractivity (Wildman–Crippen MR) is 89.6 cm³/mol. The lowest BCUT2D eigenvalue weighted by Crippen LogP contribution is -1.93. The molecule has 0 heterocycles. The molecule has 0 spiro atoms. The van der Waals surface area contributed by atoms with Crippen molar-refractivity contribution in [2.24, 2.45) is 10.2 Å². The minimum absolute atomic E-state index is 0.294. The molecule has 8 heteroatoms. The van der Waals surface area contributed by atoms with Gasteiger partial charge in [-0.1, -0.05) is 34.8 Å². The molecule has 2 rings (SSSR count). The highest BCUT2D eigenvalue weighted by molar-refractivity contribution is 6.41. The van der Waals surface area contributed by atoms with E-state index in [4.69, 9.17) is 50.0 Å².